The lowest BCUT2D eigenvalue weighted by atomic mass is 10.3. The van der Waals surface area contributed by atoms with E-state index in [1.807, 2.05) is 29.3 Å². The first-order valence-electron chi connectivity index (χ1n) is 6.40. The molecule has 0 amide bonds. The lowest BCUT2D eigenvalue weighted by Gasteiger charge is -2.21. The number of ether oxygens (including phenoxy) is 1. The molecule has 0 fully saturated rings. The highest BCUT2D eigenvalue weighted by Crippen LogP contribution is 2.31. The van der Waals surface area contributed by atoms with Crippen molar-refractivity contribution in [3.8, 4) is 0 Å². The molecule has 0 aromatic carbocycles. The minimum Gasteiger partial charge on any atom is -0.497 e. The molecule has 0 bridgehead atoms. The molecule has 0 unspecified atom stereocenters. The molecule has 19 heavy (non-hydrogen) atoms. The van der Waals surface area contributed by atoms with Crippen LogP contribution in [0.4, 0.5) is 0 Å². The molecule has 0 aromatic rings. The molecular weight excluding hydrogens is 258 g/mol. The molecule has 1 heterocycles. The quantitative estimate of drug-likeness (QED) is 0.732. The van der Waals surface area contributed by atoms with Crippen LogP contribution in [0.5, 0.6) is 0 Å². The monoisotopic (exact) mass is 279 g/mol. The Balaban J connectivity index is 3.19. The molecule has 0 N–H and O–H groups in total. The summed E-state index contributed by atoms with van der Waals surface area (Å²) in [7, 11) is 1.66. The van der Waals surface area contributed by atoms with Crippen molar-refractivity contribution < 1.29 is 9.53 Å². The lowest BCUT2D eigenvalue weighted by Crippen LogP contribution is -2.15. The summed E-state index contributed by atoms with van der Waals surface area (Å²) >= 11 is 1.63. The van der Waals surface area contributed by atoms with Gasteiger partial charge in [-0.25, -0.2) is 0 Å². The Morgan fingerprint density at radius 1 is 1.42 bits per heavy atom. The zero-order valence-corrected chi connectivity index (χ0v) is 12.8. The number of methoxy groups -OCH3 is 1. The molecule has 1 aliphatic rings. The predicted octanol–water partition coefficient (Wildman–Crippen LogP) is 3.82. The van der Waals surface area contributed by atoms with Gasteiger partial charge in [0, 0.05) is 18.8 Å². The number of allylic oxidation sites excluding steroid dienone is 5. The van der Waals surface area contributed by atoms with Gasteiger partial charge in [-0.3, -0.25) is 4.79 Å². The van der Waals surface area contributed by atoms with E-state index in [1.165, 1.54) is 4.91 Å². The van der Waals surface area contributed by atoms with Gasteiger partial charge in [-0.05, 0) is 43.4 Å². The van der Waals surface area contributed by atoms with Crippen molar-refractivity contribution in [1.82, 2.24) is 4.90 Å². The fourth-order valence-corrected chi connectivity index (χ4v) is 2.65. The zero-order valence-electron chi connectivity index (χ0n) is 12.0. The van der Waals surface area contributed by atoms with E-state index in [1.54, 1.807) is 31.9 Å². The average Bonchev–Trinajstić information content (AvgIpc) is 2.46. The molecule has 0 spiro atoms. The summed E-state index contributed by atoms with van der Waals surface area (Å²) in [6.07, 6.45) is 10.5. The number of carbonyl (C=O) groups is 1. The normalized spacial score (nSPS) is 25.5. The summed E-state index contributed by atoms with van der Waals surface area (Å²) in [6.45, 7) is 6.54. The largest absolute Gasteiger partial charge is 0.497 e. The molecule has 1 rings (SSSR count). The van der Waals surface area contributed by atoms with Gasteiger partial charge < -0.3 is 9.64 Å². The Labute approximate surface area is 119 Å². The van der Waals surface area contributed by atoms with Gasteiger partial charge in [0.1, 0.15) is 5.76 Å². The highest BCUT2D eigenvalue weighted by molar-refractivity contribution is 8.06. The third-order valence-corrected chi connectivity index (χ3v) is 3.87. The van der Waals surface area contributed by atoms with Gasteiger partial charge in [0.15, 0.2) is 5.78 Å². The first kappa shape index (κ1) is 15.6. The van der Waals surface area contributed by atoms with E-state index in [-0.39, 0.29) is 5.78 Å². The van der Waals surface area contributed by atoms with Crippen LogP contribution >= 0.6 is 11.8 Å². The maximum Gasteiger partial charge on any atom is 0.155 e. The van der Waals surface area contributed by atoms with Crippen molar-refractivity contribution in [2.75, 3.05) is 13.7 Å². The molecule has 0 atom stereocenters. The number of hydrogen-bond donors (Lipinski definition) is 0. The lowest BCUT2D eigenvalue weighted by molar-refractivity contribution is -0.112. The van der Waals surface area contributed by atoms with E-state index in [2.05, 4.69) is 13.8 Å². The molecule has 104 valence electrons. The Bertz CT molecular complexity index is 447. The topological polar surface area (TPSA) is 29.5 Å². The van der Waals surface area contributed by atoms with E-state index in [0.717, 1.165) is 23.8 Å². The molecule has 1 aliphatic heterocycles. The van der Waals surface area contributed by atoms with Crippen LogP contribution in [0.15, 0.2) is 46.2 Å². The number of hydrogen-bond acceptors (Lipinski definition) is 4. The smallest absolute Gasteiger partial charge is 0.155 e. The molecule has 0 radical (unpaired) electrons. The van der Waals surface area contributed by atoms with E-state index in [0.29, 0.717) is 0 Å². The van der Waals surface area contributed by atoms with Crippen molar-refractivity contribution in [3.63, 3.8) is 0 Å². The third kappa shape index (κ3) is 4.99. The first-order chi connectivity index (χ1) is 9.10. The molecule has 0 saturated carbocycles. The summed E-state index contributed by atoms with van der Waals surface area (Å²) in [5.74, 6) is 0.859. The molecule has 0 saturated heterocycles. The fraction of sp³-hybridized carbons (Fsp3) is 0.400. The minimum absolute atomic E-state index is 0.0592. The number of nitrogens with zero attached hydrogens (tertiary/aromatic N) is 1. The van der Waals surface area contributed by atoms with Gasteiger partial charge in [-0.1, -0.05) is 18.7 Å². The van der Waals surface area contributed by atoms with Gasteiger partial charge in [-0.2, -0.15) is 0 Å². The molecular formula is C15H21NO2S. The van der Waals surface area contributed by atoms with E-state index in [9.17, 15) is 4.79 Å². The molecule has 3 nitrogen and oxygen atoms in total. The van der Waals surface area contributed by atoms with Crippen LogP contribution in [0.1, 0.15) is 27.2 Å². The van der Waals surface area contributed by atoms with Crippen LogP contribution in [0.2, 0.25) is 0 Å². The summed E-state index contributed by atoms with van der Waals surface area (Å²) < 4.78 is 5.29. The van der Waals surface area contributed by atoms with Gasteiger partial charge >= 0.3 is 0 Å². The van der Waals surface area contributed by atoms with E-state index >= 15 is 0 Å². The van der Waals surface area contributed by atoms with Crippen LogP contribution in [-0.2, 0) is 9.53 Å². The van der Waals surface area contributed by atoms with E-state index in [4.69, 9.17) is 4.74 Å². The van der Waals surface area contributed by atoms with Crippen molar-refractivity contribution in [3.05, 3.63) is 46.2 Å². The summed E-state index contributed by atoms with van der Waals surface area (Å²) in [5.41, 5.74) is 0. The van der Waals surface area contributed by atoms with Crippen molar-refractivity contribution in [2.24, 2.45) is 0 Å². The summed E-state index contributed by atoms with van der Waals surface area (Å²) in [6, 6.07) is 0. The van der Waals surface area contributed by atoms with Crippen molar-refractivity contribution in [2.45, 2.75) is 27.2 Å². The second-order valence-corrected chi connectivity index (χ2v) is 5.20. The number of rotatable bonds is 4. The number of carbonyl (C=O) groups excluding carboxylic acids is 1. The van der Waals surface area contributed by atoms with Crippen LogP contribution < -0.4 is 0 Å². The summed E-state index contributed by atoms with van der Waals surface area (Å²) in [5, 5.41) is 0.949. The maximum absolute atomic E-state index is 11.4. The average molecular weight is 279 g/mol. The third-order valence-electron chi connectivity index (χ3n) is 2.62. The van der Waals surface area contributed by atoms with Crippen molar-refractivity contribution >= 4 is 17.5 Å². The first-order valence-corrected chi connectivity index (χ1v) is 7.22. The van der Waals surface area contributed by atoms with E-state index < -0.39 is 0 Å². The second-order valence-electron chi connectivity index (χ2n) is 4.06. The van der Waals surface area contributed by atoms with Gasteiger partial charge in [0.05, 0.1) is 12.1 Å². The summed E-state index contributed by atoms with van der Waals surface area (Å²) in [4.78, 5) is 14.6. The SMILES string of the molecule is CC\C1=C/C=C(OC)\C=C\N(CC)/C(=C/C(C)=O)S1. The van der Waals surface area contributed by atoms with Crippen LogP contribution in [0, 0.1) is 0 Å². The highest BCUT2D eigenvalue weighted by Gasteiger charge is 2.11. The minimum atomic E-state index is 0.0592. The van der Waals surface area contributed by atoms with Crippen LogP contribution in [0.25, 0.3) is 0 Å². The zero-order chi connectivity index (χ0) is 14.3. The Hall–Kier alpha value is -1.42. The Morgan fingerprint density at radius 3 is 2.68 bits per heavy atom. The van der Waals surface area contributed by atoms with Gasteiger partial charge in [-0.15, -0.1) is 0 Å². The molecule has 0 aliphatic carbocycles. The number of ketones is 1. The van der Waals surface area contributed by atoms with Crippen LogP contribution in [-0.4, -0.2) is 24.3 Å². The number of thioether (sulfide) groups is 1. The molecule has 0 aromatic heterocycles. The standard InChI is InChI=1S/C15H21NO2S/c1-5-14-8-7-13(18-4)9-10-16(6-2)15(19-14)11-12(3)17/h7-11H,5-6H2,1-4H3/b10-9+,13-7+,14-8+,15-11-. The van der Waals surface area contributed by atoms with Crippen LogP contribution in [0.3, 0.4) is 0 Å². The maximum atomic E-state index is 11.4. The molecule has 4 heteroatoms. The highest BCUT2D eigenvalue weighted by atomic mass is 32.2. The van der Waals surface area contributed by atoms with Crippen molar-refractivity contribution in [1.29, 1.82) is 0 Å². The second kappa shape index (κ2) is 7.89. The van der Waals surface area contributed by atoms with Gasteiger partial charge in [0.2, 0.25) is 0 Å². The Morgan fingerprint density at radius 2 is 2.16 bits per heavy atom. The fourth-order valence-electron chi connectivity index (χ4n) is 1.57. The predicted molar refractivity (Wildman–Crippen MR) is 81.3 cm³/mol. The Kier molecular flexibility index (Phi) is 6.50. The van der Waals surface area contributed by atoms with Gasteiger partial charge in [0.25, 0.3) is 0 Å².